The van der Waals surface area contributed by atoms with Gasteiger partial charge in [0.2, 0.25) is 0 Å². The molecule has 1 unspecified atom stereocenters. The zero-order valence-electron chi connectivity index (χ0n) is 7.13. The molecule has 0 saturated carbocycles. The molecule has 10 heavy (non-hydrogen) atoms. The SMILES string of the molecule is CC(C)C1CCO1.CCO. The molecule has 62 valence electrons. The molecule has 2 nitrogen and oxygen atoms in total. The maximum Gasteiger partial charge on any atom is 0.0619 e. The molecule has 0 amide bonds. The lowest BCUT2D eigenvalue weighted by molar-refractivity contribution is -0.0763. The summed E-state index contributed by atoms with van der Waals surface area (Å²) in [5, 5.41) is 7.57. The first kappa shape index (κ1) is 9.92. The van der Waals surface area contributed by atoms with E-state index in [1.807, 2.05) is 0 Å². The molecule has 1 heterocycles. The van der Waals surface area contributed by atoms with Crippen LogP contribution in [0.5, 0.6) is 0 Å². The van der Waals surface area contributed by atoms with Gasteiger partial charge in [0.25, 0.3) is 0 Å². The number of aliphatic hydroxyl groups excluding tert-OH is 1. The van der Waals surface area contributed by atoms with Gasteiger partial charge < -0.3 is 9.84 Å². The van der Waals surface area contributed by atoms with Crippen molar-refractivity contribution < 1.29 is 9.84 Å². The second kappa shape index (κ2) is 5.69. The Morgan fingerprint density at radius 2 is 2.00 bits per heavy atom. The number of hydrogen-bond donors (Lipinski definition) is 1. The average molecular weight is 146 g/mol. The van der Waals surface area contributed by atoms with E-state index in [2.05, 4.69) is 13.8 Å². The summed E-state index contributed by atoms with van der Waals surface area (Å²) in [7, 11) is 0. The first-order chi connectivity index (χ1) is 4.72. The molecule has 1 atom stereocenters. The van der Waals surface area contributed by atoms with E-state index in [-0.39, 0.29) is 6.61 Å². The third kappa shape index (κ3) is 3.85. The summed E-state index contributed by atoms with van der Waals surface area (Å²) in [6.07, 6.45) is 1.86. The predicted molar refractivity (Wildman–Crippen MR) is 42.0 cm³/mol. The van der Waals surface area contributed by atoms with Crippen molar-refractivity contribution in [2.45, 2.75) is 33.3 Å². The van der Waals surface area contributed by atoms with E-state index >= 15 is 0 Å². The van der Waals surface area contributed by atoms with E-state index in [1.165, 1.54) is 6.42 Å². The fourth-order valence-corrected chi connectivity index (χ4v) is 0.780. The third-order valence-electron chi connectivity index (χ3n) is 1.48. The van der Waals surface area contributed by atoms with Gasteiger partial charge in [0, 0.05) is 13.2 Å². The van der Waals surface area contributed by atoms with Crippen molar-refractivity contribution in [3.05, 3.63) is 0 Å². The van der Waals surface area contributed by atoms with Crippen LogP contribution in [0.1, 0.15) is 27.2 Å². The van der Waals surface area contributed by atoms with E-state index in [0.29, 0.717) is 6.10 Å². The Morgan fingerprint density at radius 3 is 2.00 bits per heavy atom. The van der Waals surface area contributed by atoms with Crippen LogP contribution in [0.3, 0.4) is 0 Å². The highest BCUT2D eigenvalue weighted by atomic mass is 16.5. The Bertz CT molecular complexity index is 67.7. The summed E-state index contributed by atoms with van der Waals surface area (Å²) in [6, 6.07) is 0. The van der Waals surface area contributed by atoms with Gasteiger partial charge in [0.05, 0.1) is 6.10 Å². The summed E-state index contributed by atoms with van der Waals surface area (Å²) in [5.41, 5.74) is 0. The predicted octanol–water partition coefficient (Wildman–Crippen LogP) is 1.43. The lowest BCUT2D eigenvalue weighted by Crippen LogP contribution is -2.31. The summed E-state index contributed by atoms with van der Waals surface area (Å²) >= 11 is 0. The van der Waals surface area contributed by atoms with Gasteiger partial charge in [-0.05, 0) is 19.3 Å². The Kier molecular flexibility index (Phi) is 5.64. The normalized spacial score (nSPS) is 23.1. The molecule has 1 fully saturated rings. The van der Waals surface area contributed by atoms with Gasteiger partial charge in [-0.2, -0.15) is 0 Å². The molecule has 0 radical (unpaired) electrons. The minimum atomic E-state index is 0.250. The lowest BCUT2D eigenvalue weighted by atomic mass is 10.0. The molecule has 0 aromatic rings. The van der Waals surface area contributed by atoms with Crippen LogP contribution in [0.25, 0.3) is 0 Å². The molecular weight excluding hydrogens is 128 g/mol. The lowest BCUT2D eigenvalue weighted by Gasteiger charge is -2.29. The van der Waals surface area contributed by atoms with E-state index in [0.717, 1.165) is 12.5 Å². The first-order valence-corrected chi connectivity index (χ1v) is 3.94. The topological polar surface area (TPSA) is 29.5 Å². The number of rotatable bonds is 1. The van der Waals surface area contributed by atoms with Crippen molar-refractivity contribution in [2.24, 2.45) is 5.92 Å². The smallest absolute Gasteiger partial charge is 0.0619 e. The van der Waals surface area contributed by atoms with Crippen molar-refractivity contribution in [2.75, 3.05) is 13.2 Å². The third-order valence-corrected chi connectivity index (χ3v) is 1.48. The van der Waals surface area contributed by atoms with Crippen LogP contribution in [-0.4, -0.2) is 24.4 Å². The minimum absolute atomic E-state index is 0.250. The Hall–Kier alpha value is -0.0800. The van der Waals surface area contributed by atoms with Gasteiger partial charge in [-0.25, -0.2) is 0 Å². The molecule has 0 aliphatic carbocycles. The second-order valence-electron chi connectivity index (χ2n) is 2.76. The minimum Gasteiger partial charge on any atom is -0.397 e. The van der Waals surface area contributed by atoms with Crippen LogP contribution in [0.4, 0.5) is 0 Å². The summed E-state index contributed by atoms with van der Waals surface area (Å²) < 4.78 is 5.19. The zero-order valence-corrected chi connectivity index (χ0v) is 7.13. The van der Waals surface area contributed by atoms with E-state index in [9.17, 15) is 0 Å². The Morgan fingerprint density at radius 1 is 1.60 bits per heavy atom. The van der Waals surface area contributed by atoms with Crippen LogP contribution in [0.2, 0.25) is 0 Å². The van der Waals surface area contributed by atoms with Gasteiger partial charge in [0.1, 0.15) is 0 Å². The largest absolute Gasteiger partial charge is 0.397 e. The standard InChI is InChI=1S/C6H12O.C2H6O/c1-5(2)6-3-4-7-6;1-2-3/h5-6H,3-4H2,1-2H3;3H,2H2,1H3. The number of ether oxygens (including phenoxy) is 1. The maximum absolute atomic E-state index is 7.57. The van der Waals surface area contributed by atoms with Crippen LogP contribution >= 0.6 is 0 Å². The van der Waals surface area contributed by atoms with Crippen molar-refractivity contribution in [3.8, 4) is 0 Å². The molecule has 0 aromatic heterocycles. The molecule has 1 N–H and O–H groups in total. The van der Waals surface area contributed by atoms with Crippen molar-refractivity contribution >= 4 is 0 Å². The van der Waals surface area contributed by atoms with Crippen molar-refractivity contribution in [1.82, 2.24) is 0 Å². The van der Waals surface area contributed by atoms with Gasteiger partial charge in [-0.15, -0.1) is 0 Å². The highest BCUT2D eigenvalue weighted by molar-refractivity contribution is 4.68. The monoisotopic (exact) mass is 146 g/mol. The fourth-order valence-electron chi connectivity index (χ4n) is 0.780. The number of hydrogen-bond acceptors (Lipinski definition) is 2. The van der Waals surface area contributed by atoms with Gasteiger partial charge in [-0.3, -0.25) is 0 Å². The van der Waals surface area contributed by atoms with E-state index < -0.39 is 0 Å². The van der Waals surface area contributed by atoms with Gasteiger partial charge >= 0.3 is 0 Å². The molecule has 2 heteroatoms. The molecule has 1 aliphatic heterocycles. The summed E-state index contributed by atoms with van der Waals surface area (Å²) in [4.78, 5) is 0. The molecule has 0 spiro atoms. The van der Waals surface area contributed by atoms with Crippen LogP contribution in [0, 0.1) is 5.92 Å². The van der Waals surface area contributed by atoms with Crippen LogP contribution in [0.15, 0.2) is 0 Å². The van der Waals surface area contributed by atoms with Crippen LogP contribution in [-0.2, 0) is 4.74 Å². The Balaban J connectivity index is 0.000000236. The van der Waals surface area contributed by atoms with Gasteiger partial charge in [-0.1, -0.05) is 13.8 Å². The molecule has 1 aliphatic rings. The quantitative estimate of drug-likeness (QED) is 0.606. The van der Waals surface area contributed by atoms with Crippen molar-refractivity contribution in [1.29, 1.82) is 0 Å². The maximum atomic E-state index is 7.57. The van der Waals surface area contributed by atoms with Gasteiger partial charge in [0.15, 0.2) is 0 Å². The zero-order chi connectivity index (χ0) is 7.98. The van der Waals surface area contributed by atoms with E-state index in [1.54, 1.807) is 6.92 Å². The average Bonchev–Trinajstić information content (AvgIpc) is 1.59. The van der Waals surface area contributed by atoms with Crippen LogP contribution < -0.4 is 0 Å². The fraction of sp³-hybridized carbons (Fsp3) is 1.00. The molecular formula is C8H18O2. The molecule has 0 bridgehead atoms. The molecule has 1 saturated heterocycles. The number of aliphatic hydroxyl groups is 1. The van der Waals surface area contributed by atoms with Crippen molar-refractivity contribution in [3.63, 3.8) is 0 Å². The summed E-state index contributed by atoms with van der Waals surface area (Å²) in [5.74, 6) is 0.730. The highest BCUT2D eigenvalue weighted by Crippen LogP contribution is 2.18. The first-order valence-electron chi connectivity index (χ1n) is 3.94. The Labute approximate surface area is 63.2 Å². The molecule has 0 aromatic carbocycles. The molecule has 1 rings (SSSR count). The summed E-state index contributed by atoms with van der Waals surface area (Å²) in [6.45, 7) is 7.32. The highest BCUT2D eigenvalue weighted by Gasteiger charge is 2.20. The van der Waals surface area contributed by atoms with E-state index in [4.69, 9.17) is 9.84 Å². The second-order valence-corrected chi connectivity index (χ2v) is 2.76.